The third-order valence-electron chi connectivity index (χ3n) is 10.8. The van der Waals surface area contributed by atoms with Crippen LogP contribution in [0.15, 0.2) is 35.2 Å². The molecule has 4 aliphatic rings. The molecule has 41 heavy (non-hydrogen) atoms. The first-order valence-corrected chi connectivity index (χ1v) is 14.2. The molecule has 4 fully saturated rings. The molecule has 10 heteroatoms. The van der Waals surface area contributed by atoms with E-state index >= 15 is 0 Å². The van der Waals surface area contributed by atoms with Crippen molar-refractivity contribution in [3.63, 3.8) is 0 Å². The molecule has 1 aromatic heterocycles. The Labute approximate surface area is 240 Å². The van der Waals surface area contributed by atoms with Crippen molar-refractivity contribution in [3.05, 3.63) is 36.3 Å². The van der Waals surface area contributed by atoms with E-state index in [4.69, 9.17) is 28.1 Å². The van der Waals surface area contributed by atoms with Gasteiger partial charge in [-0.05, 0) is 36.3 Å². The number of carbonyl (C=O) groups excluding carboxylic acids is 4. The summed E-state index contributed by atoms with van der Waals surface area (Å²) in [5.41, 5.74) is -2.30. The van der Waals surface area contributed by atoms with Crippen molar-refractivity contribution in [1.29, 1.82) is 0 Å². The molecule has 224 valence electrons. The third-order valence-corrected chi connectivity index (χ3v) is 10.8. The van der Waals surface area contributed by atoms with E-state index in [-0.39, 0.29) is 24.2 Å². The van der Waals surface area contributed by atoms with Gasteiger partial charge in [0.05, 0.1) is 25.7 Å². The summed E-state index contributed by atoms with van der Waals surface area (Å²) >= 11 is 0. The summed E-state index contributed by atoms with van der Waals surface area (Å²) in [6, 6.07) is 1.75. The fourth-order valence-corrected chi connectivity index (χ4v) is 8.82. The maximum atomic E-state index is 13.7. The van der Waals surface area contributed by atoms with Crippen molar-refractivity contribution in [3.8, 4) is 0 Å². The number of fused-ring (bicyclic) bond motifs is 3. The molecule has 10 nitrogen and oxygen atoms in total. The van der Waals surface area contributed by atoms with Crippen LogP contribution in [0.1, 0.15) is 78.9 Å². The molecule has 9 unspecified atom stereocenters. The van der Waals surface area contributed by atoms with E-state index in [0.29, 0.717) is 30.4 Å². The molecule has 2 saturated carbocycles. The Kier molecular flexibility index (Phi) is 6.95. The molecule has 0 N–H and O–H groups in total. The summed E-state index contributed by atoms with van der Waals surface area (Å²) in [4.78, 5) is 51.1. The number of carbonyl (C=O) groups is 4. The van der Waals surface area contributed by atoms with Gasteiger partial charge in [0.1, 0.15) is 17.8 Å². The highest BCUT2D eigenvalue weighted by Gasteiger charge is 2.77. The number of hydrogen-bond acceptors (Lipinski definition) is 10. The SMILES string of the molecule is C=C1C2CCC3(C)C(c4ccoc4)OC(=O)C(OC(C)=O)C13OC1CC(OC(C)=O)C(C)(C)C(CC(=O)OC)C12C. The van der Waals surface area contributed by atoms with Gasteiger partial charge in [0.25, 0.3) is 0 Å². The average molecular weight is 573 g/mol. The minimum atomic E-state index is -1.44. The van der Waals surface area contributed by atoms with Crippen LogP contribution in [0.25, 0.3) is 0 Å². The van der Waals surface area contributed by atoms with Gasteiger partial charge in [-0.3, -0.25) is 14.4 Å². The first-order chi connectivity index (χ1) is 19.1. The maximum absolute atomic E-state index is 13.7. The molecule has 2 saturated heterocycles. The Hall–Kier alpha value is -3.14. The van der Waals surface area contributed by atoms with Gasteiger partial charge in [-0.15, -0.1) is 0 Å². The van der Waals surface area contributed by atoms with E-state index in [1.54, 1.807) is 6.07 Å². The number of hydrogen-bond donors (Lipinski definition) is 0. The molecule has 2 aliphatic heterocycles. The lowest BCUT2D eigenvalue weighted by Gasteiger charge is -2.71. The Morgan fingerprint density at radius 3 is 2.37 bits per heavy atom. The lowest BCUT2D eigenvalue weighted by atomic mass is 9.41. The van der Waals surface area contributed by atoms with Gasteiger partial charge in [0, 0.05) is 48.5 Å². The van der Waals surface area contributed by atoms with Crippen LogP contribution in [-0.2, 0) is 42.9 Å². The summed E-state index contributed by atoms with van der Waals surface area (Å²) in [6.07, 6.45) is 1.36. The van der Waals surface area contributed by atoms with Gasteiger partial charge in [0.2, 0.25) is 6.10 Å². The van der Waals surface area contributed by atoms with Crippen molar-refractivity contribution < 1.29 is 47.3 Å². The van der Waals surface area contributed by atoms with Crippen LogP contribution >= 0.6 is 0 Å². The molecule has 1 aromatic rings. The number of methoxy groups -OCH3 is 1. The molecular weight excluding hydrogens is 532 g/mol. The summed E-state index contributed by atoms with van der Waals surface area (Å²) in [6.45, 7) is 15.2. The molecule has 0 amide bonds. The van der Waals surface area contributed by atoms with Gasteiger partial charge >= 0.3 is 23.9 Å². The van der Waals surface area contributed by atoms with E-state index in [1.807, 2.05) is 20.8 Å². The summed E-state index contributed by atoms with van der Waals surface area (Å²) < 4.78 is 35.2. The Morgan fingerprint density at radius 2 is 1.78 bits per heavy atom. The van der Waals surface area contributed by atoms with Crippen LogP contribution in [0.5, 0.6) is 0 Å². The van der Waals surface area contributed by atoms with Crippen LogP contribution in [0, 0.1) is 28.1 Å². The zero-order chi connectivity index (χ0) is 30.1. The highest BCUT2D eigenvalue weighted by atomic mass is 16.6. The van der Waals surface area contributed by atoms with Gasteiger partial charge in [-0.2, -0.15) is 0 Å². The first kappa shape index (κ1) is 29.4. The van der Waals surface area contributed by atoms with Crippen molar-refractivity contribution in [2.45, 2.75) is 97.2 Å². The van der Waals surface area contributed by atoms with E-state index in [9.17, 15) is 19.2 Å². The number of rotatable bonds is 5. The predicted molar refractivity (Wildman–Crippen MR) is 143 cm³/mol. The lowest BCUT2D eigenvalue weighted by molar-refractivity contribution is -0.336. The molecular formula is C31H40O10. The van der Waals surface area contributed by atoms with Crippen LogP contribution < -0.4 is 0 Å². The molecule has 2 bridgehead atoms. The Bertz CT molecular complexity index is 1270. The molecule has 2 aliphatic carbocycles. The molecule has 3 heterocycles. The standard InChI is InChI=1S/C31H40O10/c1-16-20-9-11-29(6)25(19-10-12-37-15-19)40-27(35)26(39-18(3)33)31(16,29)41-23-14-22(38-17(2)32)28(4,5)21(30(20,23)7)13-24(34)36-8/h10,12,15,20-23,25-26H,1,9,11,13-14H2,2-8H3. The fraction of sp³-hybridized carbons (Fsp3) is 0.677. The second-order valence-corrected chi connectivity index (χ2v) is 13.1. The summed E-state index contributed by atoms with van der Waals surface area (Å²) in [7, 11) is 1.35. The highest BCUT2D eigenvalue weighted by Crippen LogP contribution is 2.72. The van der Waals surface area contributed by atoms with Crippen molar-refractivity contribution in [1.82, 2.24) is 0 Å². The van der Waals surface area contributed by atoms with E-state index in [2.05, 4.69) is 13.5 Å². The lowest BCUT2D eigenvalue weighted by Crippen LogP contribution is -2.77. The molecule has 1 spiro atoms. The number of furan rings is 1. The quantitative estimate of drug-likeness (QED) is 0.283. The second-order valence-electron chi connectivity index (χ2n) is 13.1. The van der Waals surface area contributed by atoms with E-state index in [1.165, 1.54) is 33.5 Å². The first-order valence-electron chi connectivity index (χ1n) is 14.2. The molecule has 0 aromatic carbocycles. The average Bonchev–Trinajstić information content (AvgIpc) is 3.42. The van der Waals surface area contributed by atoms with Crippen LogP contribution in [0.4, 0.5) is 0 Å². The van der Waals surface area contributed by atoms with Gasteiger partial charge < -0.3 is 28.1 Å². The topological polar surface area (TPSA) is 128 Å². The van der Waals surface area contributed by atoms with Crippen LogP contribution in [0.3, 0.4) is 0 Å². The smallest absolute Gasteiger partial charge is 0.351 e. The van der Waals surface area contributed by atoms with Crippen molar-refractivity contribution >= 4 is 23.9 Å². The minimum Gasteiger partial charge on any atom is -0.472 e. The molecule has 9 atom stereocenters. The fourth-order valence-electron chi connectivity index (χ4n) is 8.82. The maximum Gasteiger partial charge on any atom is 0.351 e. The largest absolute Gasteiger partial charge is 0.472 e. The van der Waals surface area contributed by atoms with Crippen LogP contribution in [0.2, 0.25) is 0 Å². The minimum absolute atomic E-state index is 0.0821. The third kappa shape index (κ3) is 4.00. The van der Waals surface area contributed by atoms with Crippen molar-refractivity contribution in [2.75, 3.05) is 7.11 Å². The van der Waals surface area contributed by atoms with Crippen LogP contribution in [-0.4, -0.2) is 54.9 Å². The monoisotopic (exact) mass is 572 g/mol. The van der Waals surface area contributed by atoms with E-state index < -0.39 is 64.2 Å². The second kappa shape index (κ2) is 9.71. The van der Waals surface area contributed by atoms with Gasteiger partial charge in [-0.25, -0.2) is 4.79 Å². The predicted octanol–water partition coefficient (Wildman–Crippen LogP) is 4.47. The van der Waals surface area contributed by atoms with Crippen molar-refractivity contribution in [2.24, 2.45) is 28.1 Å². The highest BCUT2D eigenvalue weighted by molar-refractivity contribution is 5.83. The Morgan fingerprint density at radius 1 is 1.10 bits per heavy atom. The summed E-state index contributed by atoms with van der Waals surface area (Å²) in [5, 5.41) is 0. The molecule has 5 rings (SSSR count). The number of ether oxygens (including phenoxy) is 5. The number of esters is 4. The normalized spacial score (nSPS) is 40.9. The number of cyclic esters (lactones) is 1. The zero-order valence-electron chi connectivity index (χ0n) is 24.8. The van der Waals surface area contributed by atoms with Gasteiger partial charge in [0.15, 0.2) is 0 Å². The van der Waals surface area contributed by atoms with Gasteiger partial charge in [-0.1, -0.05) is 34.3 Å². The zero-order valence-corrected chi connectivity index (χ0v) is 24.8. The Balaban J connectivity index is 1.71. The molecule has 0 radical (unpaired) electrons. The summed E-state index contributed by atoms with van der Waals surface area (Å²) in [5.74, 6) is -2.74. The van der Waals surface area contributed by atoms with E-state index in [0.717, 1.165) is 0 Å².